The van der Waals surface area contributed by atoms with E-state index in [2.05, 4.69) is 29.4 Å². The van der Waals surface area contributed by atoms with E-state index in [1.807, 2.05) is 0 Å². The van der Waals surface area contributed by atoms with Gasteiger partial charge >= 0.3 is 0 Å². The Balaban J connectivity index is 1.81. The van der Waals surface area contributed by atoms with Crippen molar-refractivity contribution in [2.75, 3.05) is 24.5 Å². The van der Waals surface area contributed by atoms with Gasteiger partial charge in [-0.2, -0.15) is 0 Å². The minimum Gasteiger partial charge on any atom is -0.348 e. The summed E-state index contributed by atoms with van der Waals surface area (Å²) in [5.41, 5.74) is 1.20. The van der Waals surface area contributed by atoms with Crippen molar-refractivity contribution >= 4 is 16.5 Å². The van der Waals surface area contributed by atoms with Crippen LogP contribution in [0.1, 0.15) is 45.2 Å². The van der Waals surface area contributed by atoms with Crippen molar-refractivity contribution in [3.05, 3.63) is 11.1 Å². The molecule has 1 aliphatic rings. The summed E-state index contributed by atoms with van der Waals surface area (Å²) in [5, 5.41) is 6.87. The van der Waals surface area contributed by atoms with Crippen LogP contribution in [0, 0.1) is 5.92 Å². The first-order chi connectivity index (χ1) is 8.79. The van der Waals surface area contributed by atoms with Crippen LogP contribution < -0.4 is 10.2 Å². The molecule has 1 aromatic heterocycles. The lowest BCUT2D eigenvalue weighted by atomic mass is 10.0. The van der Waals surface area contributed by atoms with Gasteiger partial charge in [-0.1, -0.05) is 20.3 Å². The zero-order valence-corrected chi connectivity index (χ0v) is 12.4. The summed E-state index contributed by atoms with van der Waals surface area (Å²) in [4.78, 5) is 7.20. The largest absolute Gasteiger partial charge is 0.348 e. The number of hydrogen-bond donors (Lipinski definition) is 1. The average molecular weight is 267 g/mol. The number of nitrogens with zero attached hydrogens (tertiary/aromatic N) is 2. The van der Waals surface area contributed by atoms with Crippen molar-refractivity contribution in [2.45, 2.75) is 46.1 Å². The molecule has 1 N–H and O–H groups in total. The molecule has 0 aromatic carbocycles. The number of unbranched alkanes of at least 4 members (excludes halogenated alkanes) is 1. The molecule has 1 atom stereocenters. The Morgan fingerprint density at radius 3 is 3.22 bits per heavy atom. The van der Waals surface area contributed by atoms with Crippen LogP contribution in [0.5, 0.6) is 0 Å². The average Bonchev–Trinajstić information content (AvgIpc) is 2.83. The van der Waals surface area contributed by atoms with Gasteiger partial charge in [0.15, 0.2) is 5.13 Å². The molecule has 0 spiro atoms. The van der Waals surface area contributed by atoms with Crippen LogP contribution in [0.15, 0.2) is 5.38 Å². The molecule has 1 saturated heterocycles. The molecule has 0 aliphatic carbocycles. The van der Waals surface area contributed by atoms with Gasteiger partial charge in [0.05, 0.1) is 5.69 Å². The molecule has 4 heteroatoms. The van der Waals surface area contributed by atoms with Crippen molar-refractivity contribution < 1.29 is 0 Å². The fraction of sp³-hybridized carbons (Fsp3) is 0.786. The van der Waals surface area contributed by atoms with Gasteiger partial charge in [-0.3, -0.25) is 0 Å². The maximum atomic E-state index is 4.75. The molecule has 2 heterocycles. The predicted octanol–water partition coefficient (Wildman–Crippen LogP) is 3.27. The van der Waals surface area contributed by atoms with Gasteiger partial charge in [0, 0.05) is 25.0 Å². The lowest BCUT2D eigenvalue weighted by molar-refractivity contribution is 0.446. The van der Waals surface area contributed by atoms with Gasteiger partial charge in [-0.05, 0) is 31.7 Å². The third-order valence-electron chi connectivity index (χ3n) is 3.48. The fourth-order valence-corrected chi connectivity index (χ4v) is 3.27. The standard InChI is InChI=1S/C14H25N3S/c1-3-4-7-15-9-13-11-18-14(16-13)17-8-5-6-12(2)10-17/h11-12,15H,3-10H2,1-2H3. The van der Waals surface area contributed by atoms with E-state index in [-0.39, 0.29) is 0 Å². The van der Waals surface area contributed by atoms with E-state index in [0.29, 0.717) is 0 Å². The molecule has 102 valence electrons. The normalized spacial score (nSPS) is 20.3. The molecular formula is C14H25N3S. The van der Waals surface area contributed by atoms with Gasteiger partial charge in [0.25, 0.3) is 0 Å². The number of nitrogens with one attached hydrogen (secondary N) is 1. The van der Waals surface area contributed by atoms with Crippen LogP contribution in [0.4, 0.5) is 5.13 Å². The number of piperidine rings is 1. The smallest absolute Gasteiger partial charge is 0.185 e. The summed E-state index contributed by atoms with van der Waals surface area (Å²) in [6.45, 7) is 8.94. The summed E-state index contributed by atoms with van der Waals surface area (Å²) >= 11 is 1.80. The number of aromatic nitrogens is 1. The Hall–Kier alpha value is -0.610. The monoisotopic (exact) mass is 267 g/mol. The van der Waals surface area contributed by atoms with Crippen LogP contribution in [0.3, 0.4) is 0 Å². The third-order valence-corrected chi connectivity index (χ3v) is 4.43. The number of anilines is 1. The minimum absolute atomic E-state index is 0.814. The summed E-state index contributed by atoms with van der Waals surface area (Å²) in [6.07, 6.45) is 5.18. The zero-order valence-electron chi connectivity index (χ0n) is 11.6. The number of thiazole rings is 1. The molecule has 0 bridgehead atoms. The van der Waals surface area contributed by atoms with Crippen LogP contribution >= 0.6 is 11.3 Å². The highest BCUT2D eigenvalue weighted by Gasteiger charge is 2.18. The maximum absolute atomic E-state index is 4.75. The second-order valence-electron chi connectivity index (χ2n) is 5.35. The second-order valence-corrected chi connectivity index (χ2v) is 6.18. The minimum atomic E-state index is 0.814. The highest BCUT2D eigenvalue weighted by Crippen LogP contribution is 2.25. The van der Waals surface area contributed by atoms with E-state index in [1.165, 1.54) is 49.6 Å². The molecule has 2 rings (SSSR count). The molecule has 1 fully saturated rings. The van der Waals surface area contributed by atoms with Crippen molar-refractivity contribution in [1.29, 1.82) is 0 Å². The quantitative estimate of drug-likeness (QED) is 0.802. The lowest BCUT2D eigenvalue weighted by Gasteiger charge is -2.30. The van der Waals surface area contributed by atoms with E-state index < -0.39 is 0 Å². The predicted molar refractivity (Wildman–Crippen MR) is 79.3 cm³/mol. The molecule has 1 aromatic rings. The van der Waals surface area contributed by atoms with E-state index in [4.69, 9.17) is 4.98 Å². The topological polar surface area (TPSA) is 28.2 Å². The highest BCUT2D eigenvalue weighted by molar-refractivity contribution is 7.13. The summed E-state index contributed by atoms with van der Waals surface area (Å²) in [5.74, 6) is 0.814. The van der Waals surface area contributed by atoms with Crippen LogP contribution in [-0.4, -0.2) is 24.6 Å². The van der Waals surface area contributed by atoms with Gasteiger partial charge in [0.2, 0.25) is 0 Å². The van der Waals surface area contributed by atoms with Crippen molar-refractivity contribution in [3.8, 4) is 0 Å². The van der Waals surface area contributed by atoms with Gasteiger partial charge in [0.1, 0.15) is 0 Å². The van der Waals surface area contributed by atoms with Crippen LogP contribution in [0.25, 0.3) is 0 Å². The molecule has 18 heavy (non-hydrogen) atoms. The zero-order chi connectivity index (χ0) is 12.8. The molecule has 1 aliphatic heterocycles. The number of hydrogen-bond acceptors (Lipinski definition) is 4. The van der Waals surface area contributed by atoms with Crippen LogP contribution in [0.2, 0.25) is 0 Å². The SMILES string of the molecule is CCCCNCc1csc(N2CCCC(C)C2)n1. The maximum Gasteiger partial charge on any atom is 0.185 e. The van der Waals surface area contributed by atoms with Crippen molar-refractivity contribution in [3.63, 3.8) is 0 Å². The summed E-state index contributed by atoms with van der Waals surface area (Å²) < 4.78 is 0. The Morgan fingerprint density at radius 2 is 2.44 bits per heavy atom. The van der Waals surface area contributed by atoms with Gasteiger partial charge < -0.3 is 10.2 Å². The van der Waals surface area contributed by atoms with Gasteiger partial charge in [-0.25, -0.2) is 4.98 Å². The Kier molecular flexibility index (Phi) is 5.45. The number of rotatable bonds is 6. The first-order valence-electron chi connectivity index (χ1n) is 7.19. The molecular weight excluding hydrogens is 242 g/mol. The molecule has 0 radical (unpaired) electrons. The molecule has 0 saturated carbocycles. The molecule has 1 unspecified atom stereocenters. The Morgan fingerprint density at radius 1 is 1.56 bits per heavy atom. The molecule has 0 amide bonds. The van der Waals surface area contributed by atoms with E-state index in [0.717, 1.165) is 19.0 Å². The van der Waals surface area contributed by atoms with Crippen molar-refractivity contribution in [2.24, 2.45) is 5.92 Å². The Bertz CT molecular complexity index is 351. The van der Waals surface area contributed by atoms with Crippen molar-refractivity contribution in [1.82, 2.24) is 10.3 Å². The summed E-state index contributed by atoms with van der Waals surface area (Å²) in [6, 6.07) is 0. The lowest BCUT2D eigenvalue weighted by Crippen LogP contribution is -2.34. The molecule has 3 nitrogen and oxygen atoms in total. The van der Waals surface area contributed by atoms with Gasteiger partial charge in [-0.15, -0.1) is 11.3 Å². The first kappa shape index (κ1) is 13.8. The third kappa shape index (κ3) is 3.95. The first-order valence-corrected chi connectivity index (χ1v) is 8.07. The van der Waals surface area contributed by atoms with E-state index in [9.17, 15) is 0 Å². The van der Waals surface area contributed by atoms with Crippen LogP contribution in [-0.2, 0) is 6.54 Å². The summed E-state index contributed by atoms with van der Waals surface area (Å²) in [7, 11) is 0. The fourth-order valence-electron chi connectivity index (χ4n) is 2.40. The van der Waals surface area contributed by atoms with E-state index >= 15 is 0 Å². The Labute approximate surface area is 115 Å². The highest BCUT2D eigenvalue weighted by atomic mass is 32.1. The second kappa shape index (κ2) is 7.10. The van der Waals surface area contributed by atoms with E-state index in [1.54, 1.807) is 11.3 Å².